The van der Waals surface area contributed by atoms with Crippen LogP contribution in [-0.2, 0) is 11.5 Å². The first-order valence-electron chi connectivity index (χ1n) is 6.90. The zero-order chi connectivity index (χ0) is 17.5. The molecule has 1 aromatic heterocycles. The Labute approximate surface area is 149 Å². The molecular weight excluding hydrogens is 407 g/mol. The molecule has 7 heteroatoms. The van der Waals surface area contributed by atoms with Gasteiger partial charge >= 0.3 is 6.18 Å². The molecule has 2 aromatic carbocycles. The molecule has 0 aliphatic rings. The Kier molecular flexibility index (Phi) is 4.44. The number of aromatic nitrogens is 1. The number of halogens is 5. The van der Waals surface area contributed by atoms with E-state index in [1.807, 2.05) is 0 Å². The highest BCUT2D eigenvalue weighted by Crippen LogP contribution is 2.39. The third kappa shape index (κ3) is 2.84. The van der Waals surface area contributed by atoms with Crippen LogP contribution in [-0.4, -0.2) is 10.5 Å². The lowest BCUT2D eigenvalue weighted by atomic mass is 10.1. The van der Waals surface area contributed by atoms with Crippen molar-refractivity contribution in [2.45, 2.75) is 11.5 Å². The first-order chi connectivity index (χ1) is 11.3. The van der Waals surface area contributed by atoms with Gasteiger partial charge in [0, 0.05) is 26.9 Å². The van der Waals surface area contributed by atoms with Crippen molar-refractivity contribution in [1.29, 1.82) is 0 Å². The van der Waals surface area contributed by atoms with Gasteiger partial charge in [-0.05, 0) is 30.3 Å². The van der Waals surface area contributed by atoms with E-state index in [-0.39, 0.29) is 22.0 Å². The van der Waals surface area contributed by atoms with E-state index in [1.54, 1.807) is 18.2 Å². The lowest BCUT2D eigenvalue weighted by Crippen LogP contribution is -2.21. The third-order valence-corrected chi connectivity index (χ3v) is 4.49. The molecule has 2 nitrogen and oxygen atoms in total. The Balaban J connectivity index is 2.34. The minimum Gasteiger partial charge on any atom is -0.271 e. The first-order valence-corrected chi connectivity index (χ1v) is 8.40. The highest BCUT2D eigenvalue weighted by atomic mass is 79.9. The maximum Gasteiger partial charge on any atom is 0.432 e. The fraction of sp³-hybridized carbons (Fsp3) is 0.118. The van der Waals surface area contributed by atoms with Crippen molar-refractivity contribution in [3.05, 3.63) is 70.4 Å². The number of hydrogen-bond acceptors (Lipinski definition) is 1. The average molecular weight is 417 g/mol. The van der Waals surface area contributed by atoms with Crippen LogP contribution in [0.4, 0.5) is 13.2 Å². The molecule has 0 saturated heterocycles. The zero-order valence-corrected chi connectivity index (χ0v) is 14.4. The van der Waals surface area contributed by atoms with Crippen LogP contribution in [0.25, 0.3) is 10.9 Å². The molecule has 1 heterocycles. The van der Waals surface area contributed by atoms with Crippen molar-refractivity contribution in [2.24, 2.45) is 0 Å². The van der Waals surface area contributed by atoms with Crippen LogP contribution >= 0.6 is 27.5 Å². The summed E-state index contributed by atoms with van der Waals surface area (Å²) >= 11 is 8.89. The lowest BCUT2D eigenvalue weighted by molar-refractivity contribution is -0.142. The predicted molar refractivity (Wildman–Crippen MR) is 90.8 cm³/mol. The molecule has 3 rings (SSSR count). The quantitative estimate of drug-likeness (QED) is 0.477. The summed E-state index contributed by atoms with van der Waals surface area (Å²) in [6, 6.07) is 12.1. The molecular formula is C17H10BrClF3NO. The van der Waals surface area contributed by atoms with Crippen LogP contribution in [0.5, 0.6) is 0 Å². The number of para-hydroxylation sites is 1. The van der Waals surface area contributed by atoms with Crippen molar-refractivity contribution in [2.75, 3.05) is 0 Å². The van der Waals surface area contributed by atoms with Gasteiger partial charge in [-0.25, -0.2) is 0 Å². The number of fused-ring (bicyclic) bond motifs is 1. The van der Waals surface area contributed by atoms with Crippen molar-refractivity contribution < 1.29 is 18.0 Å². The summed E-state index contributed by atoms with van der Waals surface area (Å²) in [5.74, 6) is -0.748. The standard InChI is InChI=1S/C17H10BrClF3NO/c18-9-13-12-3-1-2-4-14(12)23(15(13)17(20,21)22)16(24)10-5-7-11(19)8-6-10/h1-8H,9H2. The Bertz CT molecular complexity index is 916. The van der Waals surface area contributed by atoms with Crippen LogP contribution < -0.4 is 0 Å². The summed E-state index contributed by atoms with van der Waals surface area (Å²) in [5, 5.41) is 0.786. The molecule has 24 heavy (non-hydrogen) atoms. The van der Waals surface area contributed by atoms with Crippen LogP contribution in [0.2, 0.25) is 5.02 Å². The molecule has 124 valence electrons. The minimum atomic E-state index is -4.66. The van der Waals surface area contributed by atoms with Gasteiger partial charge < -0.3 is 0 Å². The molecule has 3 aromatic rings. The van der Waals surface area contributed by atoms with Gasteiger partial charge in [0.1, 0.15) is 5.69 Å². The van der Waals surface area contributed by atoms with Gasteiger partial charge in [-0.15, -0.1) is 0 Å². The van der Waals surface area contributed by atoms with Crippen LogP contribution in [0.3, 0.4) is 0 Å². The molecule has 0 unspecified atom stereocenters. The number of alkyl halides is 4. The molecule has 0 N–H and O–H groups in total. The molecule has 0 atom stereocenters. The molecule has 0 amide bonds. The van der Waals surface area contributed by atoms with Crippen molar-refractivity contribution in [1.82, 2.24) is 4.57 Å². The molecule has 0 fully saturated rings. The second-order valence-corrected chi connectivity index (χ2v) is 6.12. The molecule has 0 radical (unpaired) electrons. The number of rotatable bonds is 2. The van der Waals surface area contributed by atoms with E-state index in [4.69, 9.17) is 11.6 Å². The minimum absolute atomic E-state index is 0.0107. The van der Waals surface area contributed by atoms with Gasteiger partial charge in [0.25, 0.3) is 5.91 Å². The summed E-state index contributed by atoms with van der Waals surface area (Å²) in [7, 11) is 0. The lowest BCUT2D eigenvalue weighted by Gasteiger charge is -2.13. The molecule has 0 aliphatic heterocycles. The smallest absolute Gasteiger partial charge is 0.271 e. The summed E-state index contributed by atoms with van der Waals surface area (Å²) < 4.78 is 41.7. The predicted octanol–water partition coefficient (Wildman–Crippen LogP) is 5.90. The highest BCUT2D eigenvalue weighted by Gasteiger charge is 2.40. The van der Waals surface area contributed by atoms with Crippen LogP contribution in [0.1, 0.15) is 21.6 Å². The summed E-state index contributed by atoms with van der Waals surface area (Å²) in [6.45, 7) is 0. The van der Waals surface area contributed by atoms with Crippen LogP contribution in [0.15, 0.2) is 48.5 Å². The maximum atomic E-state index is 13.7. The first kappa shape index (κ1) is 17.0. The largest absolute Gasteiger partial charge is 0.432 e. The number of benzene rings is 2. The molecule has 0 aliphatic carbocycles. The number of carbonyl (C=O) groups is 1. The fourth-order valence-corrected chi connectivity index (χ4v) is 3.37. The maximum absolute atomic E-state index is 13.7. The normalized spacial score (nSPS) is 11.9. The SMILES string of the molecule is O=C(c1ccc(Cl)cc1)n1c(C(F)(F)F)c(CBr)c2ccccc21. The van der Waals surface area contributed by atoms with Crippen molar-refractivity contribution in [3.63, 3.8) is 0 Å². The monoisotopic (exact) mass is 415 g/mol. The van der Waals surface area contributed by atoms with Crippen molar-refractivity contribution in [3.8, 4) is 0 Å². The zero-order valence-electron chi connectivity index (χ0n) is 12.1. The summed E-state index contributed by atoms with van der Waals surface area (Å²) in [4.78, 5) is 12.8. The summed E-state index contributed by atoms with van der Waals surface area (Å²) in [6.07, 6.45) is -4.66. The number of hydrogen-bond donors (Lipinski definition) is 0. The number of carbonyl (C=O) groups excluding carboxylic acids is 1. The van der Waals surface area contributed by atoms with Gasteiger partial charge in [-0.1, -0.05) is 45.7 Å². The van der Waals surface area contributed by atoms with Gasteiger partial charge in [0.2, 0.25) is 0 Å². The number of nitrogens with zero attached hydrogens (tertiary/aromatic N) is 1. The van der Waals surface area contributed by atoms with E-state index in [2.05, 4.69) is 15.9 Å². The Morgan fingerprint density at radius 3 is 2.29 bits per heavy atom. The van der Waals surface area contributed by atoms with E-state index in [0.29, 0.717) is 10.4 Å². The molecule has 0 spiro atoms. The van der Waals surface area contributed by atoms with Gasteiger partial charge in [0.05, 0.1) is 5.52 Å². The summed E-state index contributed by atoms with van der Waals surface area (Å²) in [5.41, 5.74) is -0.563. The van der Waals surface area contributed by atoms with Gasteiger partial charge in [0.15, 0.2) is 0 Å². The molecule has 0 saturated carbocycles. The Hall–Kier alpha value is -1.79. The average Bonchev–Trinajstić information content (AvgIpc) is 2.89. The fourth-order valence-electron chi connectivity index (χ4n) is 2.67. The van der Waals surface area contributed by atoms with Crippen molar-refractivity contribution >= 4 is 44.3 Å². The highest BCUT2D eigenvalue weighted by molar-refractivity contribution is 9.08. The second kappa shape index (κ2) is 6.26. The Morgan fingerprint density at radius 1 is 1.08 bits per heavy atom. The van der Waals surface area contributed by atoms with E-state index in [1.165, 1.54) is 30.3 Å². The van der Waals surface area contributed by atoms with Gasteiger partial charge in [-0.2, -0.15) is 13.2 Å². The van der Waals surface area contributed by atoms with Gasteiger partial charge in [-0.3, -0.25) is 9.36 Å². The van der Waals surface area contributed by atoms with E-state index in [9.17, 15) is 18.0 Å². The second-order valence-electron chi connectivity index (χ2n) is 5.12. The topological polar surface area (TPSA) is 22.0 Å². The van der Waals surface area contributed by atoms with Crippen LogP contribution in [0, 0.1) is 0 Å². The molecule has 0 bridgehead atoms. The van der Waals surface area contributed by atoms with E-state index < -0.39 is 17.8 Å². The van der Waals surface area contributed by atoms with E-state index >= 15 is 0 Å². The Morgan fingerprint density at radius 2 is 1.71 bits per heavy atom. The third-order valence-electron chi connectivity index (χ3n) is 3.68. The van der Waals surface area contributed by atoms with E-state index in [0.717, 1.165) is 4.57 Å².